The first kappa shape index (κ1) is 23.8. The molecule has 0 bridgehead atoms. The van der Waals surface area contributed by atoms with Gasteiger partial charge in [-0.1, -0.05) is 17.7 Å². The fourth-order valence-corrected chi connectivity index (χ4v) is 3.95. The molecule has 0 aromatic heterocycles. The number of benzene rings is 2. The summed E-state index contributed by atoms with van der Waals surface area (Å²) in [4.78, 5) is 11.9. The number of hydrogen-bond donors (Lipinski definition) is 1. The minimum Gasteiger partial charge on any atom is -0.494 e. The van der Waals surface area contributed by atoms with E-state index in [1.807, 2.05) is 31.2 Å². The second-order valence-electron chi connectivity index (χ2n) is 7.10. The highest BCUT2D eigenvalue weighted by Gasteiger charge is 2.20. The van der Waals surface area contributed by atoms with Crippen LogP contribution in [0.2, 0.25) is 0 Å². The Morgan fingerprint density at radius 1 is 1.03 bits per heavy atom. The van der Waals surface area contributed by atoms with Crippen molar-refractivity contribution in [1.29, 1.82) is 0 Å². The molecule has 0 atom stereocenters. The molecule has 0 saturated carbocycles. The first-order valence-corrected chi connectivity index (χ1v) is 11.4. The van der Waals surface area contributed by atoms with Crippen molar-refractivity contribution in [3.8, 4) is 5.75 Å². The second kappa shape index (κ2) is 11.7. The Hall–Kier alpha value is -2.45. The van der Waals surface area contributed by atoms with E-state index in [-0.39, 0.29) is 23.8 Å². The van der Waals surface area contributed by atoms with Crippen LogP contribution in [-0.4, -0.2) is 45.4 Å². The van der Waals surface area contributed by atoms with Gasteiger partial charge < -0.3 is 10.1 Å². The molecule has 0 aliphatic heterocycles. The molecule has 6 nitrogen and oxygen atoms in total. The maximum absolute atomic E-state index is 13.0. The van der Waals surface area contributed by atoms with E-state index in [0.29, 0.717) is 19.6 Å². The molecule has 0 unspecified atom stereocenters. The van der Waals surface area contributed by atoms with Gasteiger partial charge in [0.15, 0.2) is 0 Å². The number of carbonyl (C=O) groups excluding carboxylic acids is 1. The summed E-state index contributed by atoms with van der Waals surface area (Å²) in [5, 5.41) is 2.84. The zero-order valence-corrected chi connectivity index (χ0v) is 18.3. The number of rotatable bonds is 12. The number of sulfonamides is 1. The predicted octanol–water partition coefficient (Wildman–Crippen LogP) is 3.51. The van der Waals surface area contributed by atoms with E-state index < -0.39 is 15.8 Å². The number of unbranched alkanes of at least 4 members (excludes halogenated alkanes) is 1. The van der Waals surface area contributed by atoms with Crippen LogP contribution in [0.4, 0.5) is 4.39 Å². The van der Waals surface area contributed by atoms with Gasteiger partial charge in [-0.2, -0.15) is 0 Å². The summed E-state index contributed by atoms with van der Waals surface area (Å²) in [5.74, 6) is 0.237. The summed E-state index contributed by atoms with van der Waals surface area (Å²) >= 11 is 0. The summed E-state index contributed by atoms with van der Waals surface area (Å²) < 4.78 is 44.6. The van der Waals surface area contributed by atoms with Crippen molar-refractivity contribution in [1.82, 2.24) is 9.62 Å². The molecule has 2 aromatic rings. The lowest BCUT2D eigenvalue weighted by Gasteiger charge is -2.17. The monoisotopic (exact) mass is 436 g/mol. The average molecular weight is 437 g/mol. The third kappa shape index (κ3) is 7.76. The zero-order chi connectivity index (χ0) is 22.0. The van der Waals surface area contributed by atoms with E-state index >= 15 is 0 Å². The van der Waals surface area contributed by atoms with Gasteiger partial charge in [-0.3, -0.25) is 4.79 Å². The second-order valence-corrected chi connectivity index (χ2v) is 9.15. The predicted molar refractivity (Wildman–Crippen MR) is 114 cm³/mol. The van der Waals surface area contributed by atoms with E-state index in [1.165, 1.54) is 29.0 Å². The molecule has 0 heterocycles. The van der Waals surface area contributed by atoms with Crippen molar-refractivity contribution in [2.75, 3.05) is 26.7 Å². The smallest absolute Gasteiger partial charge is 0.242 e. The maximum atomic E-state index is 13.0. The van der Waals surface area contributed by atoms with Gasteiger partial charge in [-0.15, -0.1) is 0 Å². The Labute approximate surface area is 178 Å². The molecule has 0 saturated heterocycles. The third-order valence-corrected chi connectivity index (χ3v) is 6.45. The van der Waals surface area contributed by atoms with Crippen molar-refractivity contribution >= 4 is 15.9 Å². The van der Waals surface area contributed by atoms with E-state index in [0.717, 1.165) is 30.7 Å². The van der Waals surface area contributed by atoms with E-state index in [4.69, 9.17) is 4.74 Å². The summed E-state index contributed by atoms with van der Waals surface area (Å²) in [5.41, 5.74) is 1.18. The third-order valence-electron chi connectivity index (χ3n) is 4.58. The molecule has 0 spiro atoms. The van der Waals surface area contributed by atoms with Gasteiger partial charge in [0.05, 0.1) is 11.5 Å². The fourth-order valence-electron chi connectivity index (χ4n) is 2.74. The fraction of sp³-hybridized carbons (Fsp3) is 0.409. The molecule has 0 aliphatic rings. The van der Waals surface area contributed by atoms with Gasteiger partial charge in [0.2, 0.25) is 15.9 Å². The molecule has 0 aliphatic carbocycles. The number of nitrogens with one attached hydrogen (secondary N) is 1. The highest BCUT2D eigenvalue weighted by molar-refractivity contribution is 7.89. The zero-order valence-electron chi connectivity index (χ0n) is 17.4. The number of halogens is 1. The Bertz CT molecular complexity index is 900. The molecule has 1 N–H and O–H groups in total. The van der Waals surface area contributed by atoms with Crippen molar-refractivity contribution in [3.05, 3.63) is 59.9 Å². The van der Waals surface area contributed by atoms with Gasteiger partial charge in [-0.25, -0.2) is 17.1 Å². The molecule has 164 valence electrons. The highest BCUT2D eigenvalue weighted by Crippen LogP contribution is 2.15. The first-order chi connectivity index (χ1) is 14.3. The maximum Gasteiger partial charge on any atom is 0.242 e. The van der Waals surface area contributed by atoms with Gasteiger partial charge >= 0.3 is 0 Å². The Morgan fingerprint density at radius 3 is 2.37 bits per heavy atom. The van der Waals surface area contributed by atoms with Crippen LogP contribution in [-0.2, 0) is 14.8 Å². The molecular weight excluding hydrogens is 407 g/mol. The standard InChI is InChI=1S/C22H29FN2O4S/c1-18-7-11-20(12-8-18)29-17-4-3-15-24-22(26)6-5-16-25(2)30(27,28)21-13-9-19(23)10-14-21/h7-14H,3-6,15-17H2,1-2H3,(H,24,26). The van der Waals surface area contributed by atoms with Gasteiger partial charge in [0.25, 0.3) is 0 Å². The number of nitrogens with zero attached hydrogens (tertiary/aromatic N) is 1. The summed E-state index contributed by atoms with van der Waals surface area (Å²) in [6.45, 7) is 3.37. The van der Waals surface area contributed by atoms with Crippen LogP contribution in [0.5, 0.6) is 5.75 Å². The largest absolute Gasteiger partial charge is 0.494 e. The van der Waals surface area contributed by atoms with E-state index in [1.54, 1.807) is 0 Å². The molecule has 1 amide bonds. The molecule has 2 aromatic carbocycles. The number of amides is 1. The van der Waals surface area contributed by atoms with Crippen LogP contribution in [0.1, 0.15) is 31.2 Å². The molecule has 2 rings (SSSR count). The topological polar surface area (TPSA) is 75.7 Å². The normalized spacial score (nSPS) is 11.5. The van der Waals surface area contributed by atoms with Crippen LogP contribution in [0.25, 0.3) is 0 Å². The highest BCUT2D eigenvalue weighted by atomic mass is 32.2. The minimum absolute atomic E-state index is 0.0312. The lowest BCUT2D eigenvalue weighted by Crippen LogP contribution is -2.30. The number of ether oxygens (including phenoxy) is 1. The molecule has 0 radical (unpaired) electrons. The number of aryl methyl sites for hydroxylation is 1. The Morgan fingerprint density at radius 2 is 1.70 bits per heavy atom. The van der Waals surface area contributed by atoms with Crippen molar-refractivity contribution in [3.63, 3.8) is 0 Å². The summed E-state index contributed by atoms with van der Waals surface area (Å²) in [6, 6.07) is 12.6. The van der Waals surface area contributed by atoms with Crippen molar-refractivity contribution in [2.24, 2.45) is 0 Å². The number of hydrogen-bond acceptors (Lipinski definition) is 4. The minimum atomic E-state index is -3.69. The summed E-state index contributed by atoms with van der Waals surface area (Å²) in [7, 11) is -2.24. The number of carbonyl (C=O) groups is 1. The Balaban J connectivity index is 1.58. The lowest BCUT2D eigenvalue weighted by molar-refractivity contribution is -0.121. The molecular formula is C22H29FN2O4S. The average Bonchev–Trinajstić information content (AvgIpc) is 2.72. The quantitative estimate of drug-likeness (QED) is 0.517. The van der Waals surface area contributed by atoms with Crippen LogP contribution in [0, 0.1) is 12.7 Å². The van der Waals surface area contributed by atoms with Gasteiger partial charge in [0.1, 0.15) is 11.6 Å². The van der Waals surface area contributed by atoms with Gasteiger partial charge in [-0.05, 0) is 62.6 Å². The van der Waals surface area contributed by atoms with E-state index in [2.05, 4.69) is 5.32 Å². The van der Waals surface area contributed by atoms with Crippen molar-refractivity contribution < 1.29 is 22.3 Å². The van der Waals surface area contributed by atoms with Crippen LogP contribution < -0.4 is 10.1 Å². The first-order valence-electron chi connectivity index (χ1n) is 9.97. The van der Waals surface area contributed by atoms with Crippen LogP contribution in [0.15, 0.2) is 53.4 Å². The van der Waals surface area contributed by atoms with Crippen LogP contribution >= 0.6 is 0 Å². The lowest BCUT2D eigenvalue weighted by atomic mass is 10.2. The summed E-state index contributed by atoms with van der Waals surface area (Å²) in [6.07, 6.45) is 2.27. The van der Waals surface area contributed by atoms with Crippen molar-refractivity contribution in [2.45, 2.75) is 37.5 Å². The SMILES string of the molecule is Cc1ccc(OCCCCNC(=O)CCCN(C)S(=O)(=O)c2ccc(F)cc2)cc1. The molecule has 8 heteroatoms. The van der Waals surface area contributed by atoms with Gasteiger partial charge in [0, 0.05) is 26.6 Å². The molecule has 30 heavy (non-hydrogen) atoms. The molecule has 0 fully saturated rings. The Kier molecular flexibility index (Phi) is 9.26. The van der Waals surface area contributed by atoms with E-state index in [9.17, 15) is 17.6 Å². The van der Waals surface area contributed by atoms with Crippen LogP contribution in [0.3, 0.4) is 0 Å².